The predicted octanol–water partition coefficient (Wildman–Crippen LogP) is 1.34. The number of sulfonamides is 1. The average Bonchev–Trinajstić information content (AvgIpc) is 2.51. The van der Waals surface area contributed by atoms with Crippen molar-refractivity contribution in [1.82, 2.24) is 14.9 Å². The molecule has 1 rings (SSSR count). The molecular formula is C13H29IN4O2S2. The van der Waals surface area contributed by atoms with E-state index in [-0.39, 0.29) is 29.7 Å². The minimum atomic E-state index is -3.08. The summed E-state index contributed by atoms with van der Waals surface area (Å²) in [6.07, 6.45) is 1.93. The Morgan fingerprint density at radius 2 is 2.09 bits per heavy atom. The molecule has 0 aromatic heterocycles. The first kappa shape index (κ1) is 22.3. The van der Waals surface area contributed by atoms with Crippen molar-refractivity contribution in [3.63, 3.8) is 0 Å². The lowest BCUT2D eigenvalue weighted by atomic mass is 10.3. The topological polar surface area (TPSA) is 73.8 Å². The molecule has 1 heterocycles. The summed E-state index contributed by atoms with van der Waals surface area (Å²) in [7, 11) is -1.28. The fraction of sp³-hybridized carbons (Fsp3) is 0.923. The van der Waals surface area contributed by atoms with Crippen molar-refractivity contribution in [3.8, 4) is 0 Å². The number of aliphatic imine (C=N–C) groups is 1. The molecule has 0 amide bonds. The largest absolute Gasteiger partial charge is 0.356 e. The molecule has 1 unspecified atom stereocenters. The van der Waals surface area contributed by atoms with Gasteiger partial charge >= 0.3 is 0 Å². The Labute approximate surface area is 156 Å². The Kier molecular flexibility index (Phi) is 11.9. The highest BCUT2D eigenvalue weighted by Crippen LogP contribution is 2.20. The zero-order chi connectivity index (χ0) is 15.7. The van der Waals surface area contributed by atoms with E-state index >= 15 is 0 Å². The summed E-state index contributed by atoms with van der Waals surface area (Å²) in [5, 5.41) is 3.99. The van der Waals surface area contributed by atoms with E-state index in [1.165, 1.54) is 6.42 Å². The molecule has 0 aliphatic carbocycles. The van der Waals surface area contributed by atoms with Gasteiger partial charge in [-0.1, -0.05) is 6.92 Å². The van der Waals surface area contributed by atoms with E-state index < -0.39 is 10.0 Å². The first-order valence-electron chi connectivity index (χ1n) is 7.57. The van der Waals surface area contributed by atoms with Gasteiger partial charge in [-0.2, -0.15) is 11.8 Å². The fourth-order valence-electron chi connectivity index (χ4n) is 2.11. The van der Waals surface area contributed by atoms with Gasteiger partial charge in [-0.15, -0.1) is 24.0 Å². The van der Waals surface area contributed by atoms with Crippen LogP contribution in [0, 0.1) is 0 Å². The Hall–Kier alpha value is 0.260. The molecule has 9 heteroatoms. The van der Waals surface area contributed by atoms with Crippen molar-refractivity contribution in [3.05, 3.63) is 0 Å². The zero-order valence-electron chi connectivity index (χ0n) is 13.7. The van der Waals surface area contributed by atoms with Crippen LogP contribution in [0.1, 0.15) is 26.7 Å². The summed E-state index contributed by atoms with van der Waals surface area (Å²) in [6, 6.07) is 0. The van der Waals surface area contributed by atoms with Gasteiger partial charge in [-0.05, 0) is 19.8 Å². The second kappa shape index (κ2) is 11.7. The fourth-order valence-corrected chi connectivity index (χ4v) is 3.95. The number of halogens is 1. The summed E-state index contributed by atoms with van der Waals surface area (Å²) >= 11 is 2.03. The highest BCUT2D eigenvalue weighted by atomic mass is 127. The number of nitrogens with one attached hydrogen (secondary N) is 2. The van der Waals surface area contributed by atoms with Crippen LogP contribution in [0.25, 0.3) is 0 Å². The van der Waals surface area contributed by atoms with Gasteiger partial charge < -0.3 is 10.2 Å². The molecule has 0 saturated carbocycles. The van der Waals surface area contributed by atoms with Gasteiger partial charge in [0.15, 0.2) is 5.96 Å². The molecule has 2 N–H and O–H groups in total. The van der Waals surface area contributed by atoms with E-state index in [2.05, 4.69) is 26.9 Å². The molecule has 6 nitrogen and oxygen atoms in total. The number of rotatable bonds is 7. The predicted molar refractivity (Wildman–Crippen MR) is 107 cm³/mol. The Morgan fingerprint density at radius 3 is 2.68 bits per heavy atom. The molecule has 1 aliphatic heterocycles. The number of hydrogen-bond acceptors (Lipinski definition) is 4. The standard InChI is InChI=1S/C13H28N4O2S2.HI/c1-4-12-11-17(9-10-20-12)13(14-3)15-7-6-8-16-21(18,19)5-2;/h12,16H,4-11H2,1-3H3,(H,14,15);1H. The lowest BCUT2D eigenvalue weighted by Crippen LogP contribution is -2.48. The Balaban J connectivity index is 0.00000441. The number of hydrogen-bond donors (Lipinski definition) is 2. The van der Waals surface area contributed by atoms with Crippen LogP contribution in [0.15, 0.2) is 4.99 Å². The van der Waals surface area contributed by atoms with Crippen molar-refractivity contribution in [1.29, 1.82) is 0 Å². The van der Waals surface area contributed by atoms with E-state index in [0.29, 0.717) is 11.8 Å². The number of guanidine groups is 1. The van der Waals surface area contributed by atoms with Gasteiger partial charge in [0, 0.05) is 44.2 Å². The number of nitrogens with zero attached hydrogens (tertiary/aromatic N) is 2. The van der Waals surface area contributed by atoms with E-state index in [0.717, 1.165) is 37.8 Å². The first-order chi connectivity index (χ1) is 10.0. The minimum absolute atomic E-state index is 0. The van der Waals surface area contributed by atoms with Gasteiger partial charge in [0.05, 0.1) is 5.75 Å². The summed E-state index contributed by atoms with van der Waals surface area (Å²) in [5.41, 5.74) is 0. The first-order valence-corrected chi connectivity index (χ1v) is 10.3. The van der Waals surface area contributed by atoms with E-state index in [1.54, 1.807) is 14.0 Å². The van der Waals surface area contributed by atoms with E-state index in [9.17, 15) is 8.42 Å². The maximum absolute atomic E-state index is 11.3. The zero-order valence-corrected chi connectivity index (χ0v) is 17.6. The van der Waals surface area contributed by atoms with Crippen LogP contribution >= 0.6 is 35.7 Å². The molecule has 1 atom stereocenters. The van der Waals surface area contributed by atoms with Crippen molar-refractivity contribution >= 4 is 51.7 Å². The SMILES string of the molecule is CCC1CN(C(=NC)NCCCNS(=O)(=O)CC)CCS1.I. The van der Waals surface area contributed by atoms with Gasteiger partial charge in [-0.3, -0.25) is 4.99 Å². The minimum Gasteiger partial charge on any atom is -0.356 e. The van der Waals surface area contributed by atoms with Gasteiger partial charge in [0.1, 0.15) is 0 Å². The smallest absolute Gasteiger partial charge is 0.211 e. The third-order valence-electron chi connectivity index (χ3n) is 3.44. The summed E-state index contributed by atoms with van der Waals surface area (Å²) in [4.78, 5) is 6.62. The van der Waals surface area contributed by atoms with Crippen LogP contribution in [-0.2, 0) is 10.0 Å². The Morgan fingerprint density at radius 1 is 1.36 bits per heavy atom. The highest BCUT2D eigenvalue weighted by Gasteiger charge is 2.21. The molecule has 132 valence electrons. The Bertz CT molecular complexity index is 432. The van der Waals surface area contributed by atoms with Crippen LogP contribution in [0.3, 0.4) is 0 Å². The molecule has 22 heavy (non-hydrogen) atoms. The van der Waals surface area contributed by atoms with Crippen molar-refractivity contribution < 1.29 is 8.42 Å². The third-order valence-corrected chi connectivity index (χ3v) is 6.22. The van der Waals surface area contributed by atoms with E-state index in [4.69, 9.17) is 0 Å². The van der Waals surface area contributed by atoms with Gasteiger partial charge in [0.2, 0.25) is 10.0 Å². The summed E-state index contributed by atoms with van der Waals surface area (Å²) in [6.45, 7) is 7.09. The molecule has 0 aromatic carbocycles. The lowest BCUT2D eigenvalue weighted by Gasteiger charge is -2.34. The summed E-state index contributed by atoms with van der Waals surface area (Å²) < 4.78 is 25.2. The van der Waals surface area contributed by atoms with Crippen molar-refractivity contribution in [2.45, 2.75) is 31.9 Å². The highest BCUT2D eigenvalue weighted by molar-refractivity contribution is 14.0. The molecule has 1 saturated heterocycles. The molecule has 1 aliphatic rings. The van der Waals surface area contributed by atoms with Crippen molar-refractivity contribution in [2.24, 2.45) is 4.99 Å². The second-order valence-electron chi connectivity index (χ2n) is 4.97. The molecule has 0 aromatic rings. The van der Waals surface area contributed by atoms with E-state index in [1.807, 2.05) is 11.8 Å². The van der Waals surface area contributed by atoms with Crippen LogP contribution in [0.4, 0.5) is 0 Å². The quantitative estimate of drug-likeness (QED) is 0.258. The van der Waals surface area contributed by atoms with Crippen LogP contribution in [0.2, 0.25) is 0 Å². The van der Waals surface area contributed by atoms with Gasteiger partial charge in [-0.25, -0.2) is 13.1 Å². The molecule has 0 spiro atoms. The average molecular weight is 464 g/mol. The van der Waals surface area contributed by atoms with Crippen LogP contribution in [-0.4, -0.2) is 69.3 Å². The van der Waals surface area contributed by atoms with Gasteiger partial charge in [0.25, 0.3) is 0 Å². The third kappa shape index (κ3) is 8.21. The van der Waals surface area contributed by atoms with Crippen molar-refractivity contribution in [2.75, 3.05) is 44.7 Å². The maximum Gasteiger partial charge on any atom is 0.211 e. The second-order valence-corrected chi connectivity index (χ2v) is 8.48. The molecule has 1 fully saturated rings. The van der Waals surface area contributed by atoms with Crippen LogP contribution < -0.4 is 10.0 Å². The lowest BCUT2D eigenvalue weighted by molar-refractivity contribution is 0.408. The molecule has 0 radical (unpaired) electrons. The maximum atomic E-state index is 11.3. The monoisotopic (exact) mass is 464 g/mol. The molecule has 0 bridgehead atoms. The van der Waals surface area contributed by atoms with Crippen LogP contribution in [0.5, 0.6) is 0 Å². The summed E-state index contributed by atoms with van der Waals surface area (Å²) in [5.74, 6) is 2.19. The molecular weight excluding hydrogens is 435 g/mol. The normalized spacial score (nSPS) is 19.7. The number of thioether (sulfide) groups is 1.